The Morgan fingerprint density at radius 1 is 1.10 bits per heavy atom. The minimum Gasteiger partial charge on any atom is -0.354 e. The Bertz CT molecular complexity index is 861. The Labute approximate surface area is 172 Å². The van der Waals surface area contributed by atoms with Crippen LogP contribution in [-0.4, -0.2) is 30.6 Å². The van der Waals surface area contributed by atoms with Gasteiger partial charge in [-0.05, 0) is 42.4 Å². The van der Waals surface area contributed by atoms with Gasteiger partial charge in [0.15, 0.2) is 0 Å². The number of hydrogen-bond donors (Lipinski definition) is 2. The summed E-state index contributed by atoms with van der Waals surface area (Å²) < 4.78 is 0. The molecule has 5 nitrogen and oxygen atoms in total. The van der Waals surface area contributed by atoms with Gasteiger partial charge >= 0.3 is 0 Å². The van der Waals surface area contributed by atoms with Gasteiger partial charge in [-0.25, -0.2) is 0 Å². The number of anilines is 1. The summed E-state index contributed by atoms with van der Waals surface area (Å²) in [5.41, 5.74) is 2.89. The molecule has 2 aromatic carbocycles. The van der Waals surface area contributed by atoms with Gasteiger partial charge < -0.3 is 10.6 Å². The second-order valence-electron chi connectivity index (χ2n) is 7.87. The van der Waals surface area contributed by atoms with Crippen molar-refractivity contribution in [3.8, 4) is 0 Å². The maximum atomic E-state index is 12.8. The standard InChI is InChI=1S/C24H29N3O2/c1-17(2)14-15-25-24(29)22(13-12-18-8-4-3-5-9-18)26-16-20-19-10-6-7-11-21(19)27-23(20)28/h3-11,16-17,20,22H,12-15H2,1-2H3,(H,25,29)(H,27,28)/t20?,22-/m0/s1. The van der Waals surface area contributed by atoms with Gasteiger partial charge in [0.2, 0.25) is 11.8 Å². The summed E-state index contributed by atoms with van der Waals surface area (Å²) in [6.45, 7) is 4.90. The Balaban J connectivity index is 1.70. The van der Waals surface area contributed by atoms with Crippen LogP contribution < -0.4 is 10.6 Å². The molecule has 0 fully saturated rings. The van der Waals surface area contributed by atoms with Crippen LogP contribution in [0.3, 0.4) is 0 Å². The highest BCUT2D eigenvalue weighted by Gasteiger charge is 2.29. The number of hydrogen-bond acceptors (Lipinski definition) is 3. The summed E-state index contributed by atoms with van der Waals surface area (Å²) in [6, 6.07) is 17.2. The second-order valence-corrected chi connectivity index (χ2v) is 7.87. The number of rotatable bonds is 9. The van der Waals surface area contributed by atoms with Gasteiger partial charge in [0.25, 0.3) is 0 Å². The van der Waals surface area contributed by atoms with Crippen LogP contribution in [0.2, 0.25) is 0 Å². The quantitative estimate of drug-likeness (QED) is 0.635. The Hall–Kier alpha value is -2.95. The maximum absolute atomic E-state index is 12.8. The van der Waals surface area contributed by atoms with E-state index in [1.165, 1.54) is 5.56 Å². The molecule has 1 unspecified atom stereocenters. The zero-order valence-corrected chi connectivity index (χ0v) is 17.1. The number of nitrogens with one attached hydrogen (secondary N) is 2. The number of carbonyl (C=O) groups excluding carboxylic acids is 2. The summed E-state index contributed by atoms with van der Waals surface area (Å²) in [5.74, 6) is -0.101. The number of fused-ring (bicyclic) bond motifs is 1. The smallest absolute Gasteiger partial charge is 0.244 e. The lowest BCUT2D eigenvalue weighted by Gasteiger charge is -2.14. The third-order valence-corrected chi connectivity index (χ3v) is 5.12. The van der Waals surface area contributed by atoms with E-state index in [1.54, 1.807) is 6.21 Å². The number of aryl methyl sites for hydroxylation is 1. The van der Waals surface area contributed by atoms with E-state index in [2.05, 4.69) is 41.6 Å². The zero-order valence-electron chi connectivity index (χ0n) is 17.1. The van der Waals surface area contributed by atoms with Crippen molar-refractivity contribution in [2.75, 3.05) is 11.9 Å². The van der Waals surface area contributed by atoms with Crippen molar-refractivity contribution in [1.82, 2.24) is 5.32 Å². The molecule has 2 amide bonds. The highest BCUT2D eigenvalue weighted by molar-refractivity contribution is 6.12. The molecule has 0 saturated carbocycles. The number of amides is 2. The normalized spacial score (nSPS) is 16.7. The van der Waals surface area contributed by atoms with Crippen molar-refractivity contribution >= 4 is 23.7 Å². The van der Waals surface area contributed by atoms with Crippen LogP contribution in [0, 0.1) is 5.92 Å². The molecule has 3 rings (SSSR count). The molecule has 0 radical (unpaired) electrons. The fourth-order valence-corrected chi connectivity index (χ4v) is 3.39. The van der Waals surface area contributed by atoms with Gasteiger partial charge in [0, 0.05) is 18.4 Å². The second kappa shape index (κ2) is 10.0. The van der Waals surface area contributed by atoms with E-state index < -0.39 is 12.0 Å². The topological polar surface area (TPSA) is 70.6 Å². The number of carbonyl (C=O) groups is 2. The van der Waals surface area contributed by atoms with E-state index in [9.17, 15) is 9.59 Å². The molecular formula is C24H29N3O2. The highest BCUT2D eigenvalue weighted by atomic mass is 16.2. The molecule has 0 aromatic heterocycles. The molecule has 0 spiro atoms. The highest BCUT2D eigenvalue weighted by Crippen LogP contribution is 2.30. The van der Waals surface area contributed by atoms with Crippen LogP contribution in [-0.2, 0) is 16.0 Å². The molecule has 2 aromatic rings. The van der Waals surface area contributed by atoms with E-state index in [4.69, 9.17) is 0 Å². The molecule has 1 aliphatic heterocycles. The maximum Gasteiger partial charge on any atom is 0.244 e. The largest absolute Gasteiger partial charge is 0.354 e. The number of aliphatic imine (C=N–C) groups is 1. The van der Waals surface area contributed by atoms with E-state index in [0.717, 1.165) is 24.1 Å². The zero-order chi connectivity index (χ0) is 20.6. The van der Waals surface area contributed by atoms with Crippen molar-refractivity contribution in [3.63, 3.8) is 0 Å². The molecule has 0 aliphatic carbocycles. The predicted molar refractivity (Wildman–Crippen MR) is 117 cm³/mol. The first-order valence-electron chi connectivity index (χ1n) is 10.3. The number of para-hydroxylation sites is 1. The van der Waals surface area contributed by atoms with E-state index >= 15 is 0 Å². The van der Waals surface area contributed by atoms with Gasteiger partial charge in [-0.15, -0.1) is 0 Å². The van der Waals surface area contributed by atoms with E-state index in [1.807, 2.05) is 42.5 Å². The minimum absolute atomic E-state index is 0.0791. The third kappa shape index (κ3) is 5.76. The van der Waals surface area contributed by atoms with Crippen LogP contribution in [0.4, 0.5) is 5.69 Å². The molecule has 0 bridgehead atoms. The lowest BCUT2D eigenvalue weighted by Crippen LogP contribution is -2.35. The summed E-state index contributed by atoms with van der Waals surface area (Å²) >= 11 is 0. The van der Waals surface area contributed by atoms with Crippen molar-refractivity contribution in [2.45, 2.75) is 45.1 Å². The van der Waals surface area contributed by atoms with Gasteiger partial charge in [0.1, 0.15) is 12.0 Å². The third-order valence-electron chi connectivity index (χ3n) is 5.12. The predicted octanol–water partition coefficient (Wildman–Crippen LogP) is 3.96. The van der Waals surface area contributed by atoms with Crippen LogP contribution in [0.25, 0.3) is 0 Å². The molecule has 1 aliphatic rings. The van der Waals surface area contributed by atoms with Crippen molar-refractivity contribution in [1.29, 1.82) is 0 Å². The summed E-state index contributed by atoms with van der Waals surface area (Å²) in [5, 5.41) is 5.88. The molecule has 152 valence electrons. The molecule has 0 saturated heterocycles. The summed E-state index contributed by atoms with van der Waals surface area (Å²) in [7, 11) is 0. The van der Waals surface area contributed by atoms with Crippen LogP contribution in [0.5, 0.6) is 0 Å². The Morgan fingerprint density at radius 2 is 1.83 bits per heavy atom. The average molecular weight is 392 g/mol. The molecule has 2 N–H and O–H groups in total. The van der Waals surface area contributed by atoms with Crippen LogP contribution in [0.1, 0.15) is 43.7 Å². The molecule has 1 heterocycles. The van der Waals surface area contributed by atoms with Crippen molar-refractivity contribution in [3.05, 3.63) is 65.7 Å². The molecular weight excluding hydrogens is 362 g/mol. The van der Waals surface area contributed by atoms with Gasteiger partial charge in [-0.1, -0.05) is 62.4 Å². The van der Waals surface area contributed by atoms with Crippen molar-refractivity contribution in [2.24, 2.45) is 10.9 Å². The minimum atomic E-state index is -0.511. The first-order valence-corrected chi connectivity index (χ1v) is 10.3. The fourth-order valence-electron chi connectivity index (χ4n) is 3.39. The first kappa shape index (κ1) is 20.8. The monoisotopic (exact) mass is 391 g/mol. The van der Waals surface area contributed by atoms with E-state index in [0.29, 0.717) is 18.9 Å². The SMILES string of the molecule is CC(C)CCNC(=O)[C@H](CCc1ccccc1)N=CC1C(=O)Nc2ccccc21. The van der Waals surface area contributed by atoms with Gasteiger partial charge in [-0.2, -0.15) is 0 Å². The number of benzene rings is 2. The molecule has 5 heteroatoms. The van der Waals surface area contributed by atoms with Gasteiger partial charge in [-0.3, -0.25) is 14.6 Å². The lowest BCUT2D eigenvalue weighted by molar-refractivity contribution is -0.122. The Morgan fingerprint density at radius 3 is 2.59 bits per heavy atom. The summed E-state index contributed by atoms with van der Waals surface area (Å²) in [4.78, 5) is 29.7. The Kier molecular flexibility index (Phi) is 7.17. The lowest BCUT2D eigenvalue weighted by atomic mass is 10.0. The number of nitrogens with zero attached hydrogens (tertiary/aromatic N) is 1. The van der Waals surface area contributed by atoms with Crippen molar-refractivity contribution < 1.29 is 9.59 Å². The first-order chi connectivity index (χ1) is 14.0. The van der Waals surface area contributed by atoms with Crippen LogP contribution in [0.15, 0.2) is 59.6 Å². The van der Waals surface area contributed by atoms with E-state index in [-0.39, 0.29) is 11.8 Å². The molecule has 2 atom stereocenters. The molecule has 29 heavy (non-hydrogen) atoms. The summed E-state index contributed by atoms with van der Waals surface area (Å²) in [6.07, 6.45) is 3.93. The van der Waals surface area contributed by atoms with Crippen LogP contribution >= 0.6 is 0 Å². The van der Waals surface area contributed by atoms with Gasteiger partial charge in [0.05, 0.1) is 0 Å². The average Bonchev–Trinajstić information content (AvgIpc) is 3.03. The fraction of sp³-hybridized carbons (Fsp3) is 0.375.